The van der Waals surface area contributed by atoms with Gasteiger partial charge in [-0.05, 0) is 29.8 Å². The summed E-state index contributed by atoms with van der Waals surface area (Å²) >= 11 is 3.46. The Labute approximate surface area is 141 Å². The van der Waals surface area contributed by atoms with Crippen molar-refractivity contribution >= 4 is 39.2 Å². The molecule has 6 heteroatoms. The molecule has 0 aliphatic carbocycles. The van der Waals surface area contributed by atoms with Gasteiger partial charge in [-0.1, -0.05) is 34.1 Å². The highest BCUT2D eigenvalue weighted by molar-refractivity contribution is 9.10. The van der Waals surface area contributed by atoms with Gasteiger partial charge in [-0.2, -0.15) is 0 Å². The molecule has 0 unspecified atom stereocenters. The van der Waals surface area contributed by atoms with Gasteiger partial charge in [-0.25, -0.2) is 4.79 Å². The van der Waals surface area contributed by atoms with Crippen molar-refractivity contribution in [2.24, 2.45) is 0 Å². The van der Waals surface area contributed by atoms with E-state index in [2.05, 4.69) is 15.9 Å². The van der Waals surface area contributed by atoms with Gasteiger partial charge in [0.05, 0.1) is 12.7 Å². The van der Waals surface area contributed by atoms with Gasteiger partial charge in [0.25, 0.3) is 0 Å². The van der Waals surface area contributed by atoms with Crippen molar-refractivity contribution in [3.05, 3.63) is 52.0 Å². The topological polar surface area (TPSA) is 70.8 Å². The molecule has 1 heterocycles. The number of hydrogen-bond donors (Lipinski definition) is 1. The number of nitrogen functional groups attached to an aromatic ring is 1. The standard InChI is InChI=1S/C17H14BrNO4/c1-21-17(20)12(6-10-4-2-3-5-14(10)19)11-7-15-16(8-13(11)18)23-9-22-15/h2-8H,9,19H2,1H3. The summed E-state index contributed by atoms with van der Waals surface area (Å²) in [6, 6.07) is 10.8. The van der Waals surface area contributed by atoms with E-state index in [1.54, 1.807) is 24.3 Å². The molecule has 3 rings (SSSR count). The summed E-state index contributed by atoms with van der Waals surface area (Å²) in [5, 5.41) is 0. The molecule has 2 aromatic carbocycles. The van der Waals surface area contributed by atoms with Crippen LogP contribution in [-0.2, 0) is 9.53 Å². The first-order chi connectivity index (χ1) is 11.1. The number of nitrogens with two attached hydrogens (primary N) is 1. The van der Waals surface area contributed by atoms with Gasteiger partial charge in [-0.3, -0.25) is 0 Å². The van der Waals surface area contributed by atoms with Crippen LogP contribution in [0.1, 0.15) is 11.1 Å². The summed E-state index contributed by atoms with van der Waals surface area (Å²) in [7, 11) is 1.34. The van der Waals surface area contributed by atoms with Crippen LogP contribution in [0.25, 0.3) is 11.6 Å². The quantitative estimate of drug-likeness (QED) is 0.385. The van der Waals surface area contributed by atoms with E-state index in [-0.39, 0.29) is 6.79 Å². The summed E-state index contributed by atoms with van der Waals surface area (Å²) in [4.78, 5) is 12.3. The van der Waals surface area contributed by atoms with Gasteiger partial charge in [0, 0.05) is 15.7 Å². The van der Waals surface area contributed by atoms with Crippen LogP contribution in [0, 0.1) is 0 Å². The van der Waals surface area contributed by atoms with E-state index in [4.69, 9.17) is 19.9 Å². The van der Waals surface area contributed by atoms with Crippen molar-refractivity contribution in [2.75, 3.05) is 19.6 Å². The third-order valence-corrected chi connectivity index (χ3v) is 4.11. The maximum absolute atomic E-state index is 12.3. The van der Waals surface area contributed by atoms with Crippen molar-refractivity contribution in [3.63, 3.8) is 0 Å². The molecule has 2 N–H and O–H groups in total. The van der Waals surface area contributed by atoms with E-state index in [1.807, 2.05) is 18.2 Å². The zero-order chi connectivity index (χ0) is 16.4. The van der Waals surface area contributed by atoms with E-state index in [0.717, 1.165) is 5.56 Å². The number of carbonyl (C=O) groups is 1. The van der Waals surface area contributed by atoms with Crippen molar-refractivity contribution in [1.29, 1.82) is 0 Å². The number of para-hydroxylation sites is 1. The molecular weight excluding hydrogens is 362 g/mol. The molecule has 0 radical (unpaired) electrons. The van der Waals surface area contributed by atoms with Crippen LogP contribution in [0.3, 0.4) is 0 Å². The average molecular weight is 376 g/mol. The lowest BCUT2D eigenvalue weighted by Crippen LogP contribution is -2.05. The second kappa shape index (κ2) is 6.34. The summed E-state index contributed by atoms with van der Waals surface area (Å²) in [6.07, 6.45) is 1.70. The Kier molecular flexibility index (Phi) is 4.25. The van der Waals surface area contributed by atoms with E-state index < -0.39 is 5.97 Å². The Bertz CT molecular complexity index is 801. The third kappa shape index (κ3) is 3.03. The highest BCUT2D eigenvalue weighted by Crippen LogP contribution is 2.40. The molecule has 0 bridgehead atoms. The van der Waals surface area contributed by atoms with Crippen LogP contribution in [0.15, 0.2) is 40.9 Å². The molecular formula is C17H14BrNO4. The number of fused-ring (bicyclic) bond motifs is 1. The van der Waals surface area contributed by atoms with Crippen LogP contribution in [0.4, 0.5) is 5.69 Å². The number of rotatable bonds is 3. The van der Waals surface area contributed by atoms with Crippen LogP contribution in [0.2, 0.25) is 0 Å². The lowest BCUT2D eigenvalue weighted by molar-refractivity contribution is -0.133. The van der Waals surface area contributed by atoms with Gasteiger partial charge < -0.3 is 19.9 Å². The normalized spacial score (nSPS) is 13.0. The van der Waals surface area contributed by atoms with E-state index >= 15 is 0 Å². The number of anilines is 1. The van der Waals surface area contributed by atoms with Crippen molar-refractivity contribution in [1.82, 2.24) is 0 Å². The second-order valence-electron chi connectivity index (χ2n) is 4.86. The molecule has 1 aliphatic rings. The van der Waals surface area contributed by atoms with Crippen LogP contribution >= 0.6 is 15.9 Å². The number of methoxy groups -OCH3 is 1. The Balaban J connectivity index is 2.14. The molecule has 0 atom stereocenters. The van der Waals surface area contributed by atoms with E-state index in [9.17, 15) is 4.79 Å². The maximum atomic E-state index is 12.3. The minimum absolute atomic E-state index is 0.161. The highest BCUT2D eigenvalue weighted by Gasteiger charge is 2.22. The minimum atomic E-state index is -0.465. The number of benzene rings is 2. The third-order valence-electron chi connectivity index (χ3n) is 3.45. The fourth-order valence-electron chi connectivity index (χ4n) is 2.28. The fraction of sp³-hybridized carbons (Fsp3) is 0.118. The number of ether oxygens (including phenoxy) is 3. The second-order valence-corrected chi connectivity index (χ2v) is 5.72. The number of esters is 1. The zero-order valence-corrected chi connectivity index (χ0v) is 13.9. The molecule has 0 aromatic heterocycles. The fourth-order valence-corrected chi connectivity index (χ4v) is 2.81. The molecule has 0 saturated carbocycles. The summed E-state index contributed by atoms with van der Waals surface area (Å²) in [5.41, 5.74) is 8.29. The molecule has 0 amide bonds. The molecule has 0 saturated heterocycles. The zero-order valence-electron chi connectivity index (χ0n) is 12.3. The Hall–Kier alpha value is -2.47. The molecule has 5 nitrogen and oxygen atoms in total. The molecule has 118 valence electrons. The summed E-state index contributed by atoms with van der Waals surface area (Å²) in [5.74, 6) is 0.746. The Morgan fingerprint density at radius 1 is 1.26 bits per heavy atom. The first-order valence-electron chi connectivity index (χ1n) is 6.84. The lowest BCUT2D eigenvalue weighted by atomic mass is 10.0. The monoisotopic (exact) mass is 375 g/mol. The van der Waals surface area contributed by atoms with Crippen LogP contribution < -0.4 is 15.2 Å². The number of carbonyl (C=O) groups excluding carboxylic acids is 1. The van der Waals surface area contributed by atoms with E-state index in [0.29, 0.717) is 32.8 Å². The predicted octanol–water partition coefficient (Wildman–Crippen LogP) is 3.47. The van der Waals surface area contributed by atoms with E-state index in [1.165, 1.54) is 7.11 Å². The maximum Gasteiger partial charge on any atom is 0.338 e. The van der Waals surface area contributed by atoms with Crippen molar-refractivity contribution < 1.29 is 19.0 Å². The lowest BCUT2D eigenvalue weighted by Gasteiger charge is -2.10. The van der Waals surface area contributed by atoms with Crippen molar-refractivity contribution in [3.8, 4) is 11.5 Å². The molecule has 2 aromatic rings. The highest BCUT2D eigenvalue weighted by atomic mass is 79.9. The SMILES string of the molecule is COC(=O)C(=Cc1ccccc1N)c1cc2c(cc1Br)OCO2. The van der Waals surface area contributed by atoms with Crippen LogP contribution in [-0.4, -0.2) is 19.9 Å². The van der Waals surface area contributed by atoms with Gasteiger partial charge in [0.1, 0.15) is 0 Å². The molecule has 0 fully saturated rings. The van der Waals surface area contributed by atoms with Gasteiger partial charge >= 0.3 is 5.97 Å². The molecule has 1 aliphatic heterocycles. The Morgan fingerprint density at radius 2 is 1.96 bits per heavy atom. The molecule has 23 heavy (non-hydrogen) atoms. The Morgan fingerprint density at radius 3 is 2.65 bits per heavy atom. The summed E-state index contributed by atoms with van der Waals surface area (Å²) < 4.78 is 16.3. The number of halogens is 1. The van der Waals surface area contributed by atoms with Gasteiger partial charge in [0.15, 0.2) is 11.5 Å². The van der Waals surface area contributed by atoms with Crippen LogP contribution in [0.5, 0.6) is 11.5 Å². The largest absolute Gasteiger partial charge is 0.465 e. The van der Waals surface area contributed by atoms with Gasteiger partial charge in [0.2, 0.25) is 6.79 Å². The first-order valence-corrected chi connectivity index (χ1v) is 7.63. The smallest absolute Gasteiger partial charge is 0.338 e. The summed E-state index contributed by atoms with van der Waals surface area (Å²) in [6.45, 7) is 0.161. The minimum Gasteiger partial charge on any atom is -0.465 e. The predicted molar refractivity (Wildman–Crippen MR) is 91.0 cm³/mol. The first kappa shape index (κ1) is 15.4. The van der Waals surface area contributed by atoms with Crippen molar-refractivity contribution in [2.45, 2.75) is 0 Å². The molecule has 0 spiro atoms. The van der Waals surface area contributed by atoms with Gasteiger partial charge in [-0.15, -0.1) is 0 Å². The average Bonchev–Trinajstić information content (AvgIpc) is 3.00. The number of hydrogen-bond acceptors (Lipinski definition) is 5.